The molecular formula is C15H20N2O7. The standard InChI is InChI=1S/C15H20N2O7/c1-3-13(19)22-8-10-9(24-14(20)4-2)7-12(23-10)17-6-5-11(18)16-15(17)21/h5-6,9-10,12H,3-4,7-8H2,1-2H3,(H,16,18,21). The zero-order valence-electron chi connectivity index (χ0n) is 13.5. The van der Waals surface area contributed by atoms with E-state index in [-0.39, 0.29) is 25.9 Å². The highest BCUT2D eigenvalue weighted by molar-refractivity contribution is 5.69. The fourth-order valence-corrected chi connectivity index (χ4v) is 2.33. The summed E-state index contributed by atoms with van der Waals surface area (Å²) in [7, 11) is 0. The van der Waals surface area contributed by atoms with Crippen LogP contribution in [0, 0.1) is 0 Å². The van der Waals surface area contributed by atoms with E-state index >= 15 is 0 Å². The Bertz CT molecular complexity index is 708. The van der Waals surface area contributed by atoms with Gasteiger partial charge in [0.2, 0.25) is 0 Å². The zero-order valence-corrected chi connectivity index (χ0v) is 13.5. The van der Waals surface area contributed by atoms with Crippen LogP contribution in [0.25, 0.3) is 0 Å². The van der Waals surface area contributed by atoms with Gasteiger partial charge in [0.25, 0.3) is 5.56 Å². The highest BCUT2D eigenvalue weighted by atomic mass is 16.6. The molecule has 0 spiro atoms. The van der Waals surface area contributed by atoms with Crippen LogP contribution >= 0.6 is 0 Å². The monoisotopic (exact) mass is 340 g/mol. The van der Waals surface area contributed by atoms with Crippen LogP contribution in [-0.4, -0.2) is 40.3 Å². The molecule has 1 saturated heterocycles. The van der Waals surface area contributed by atoms with Gasteiger partial charge in [-0.3, -0.25) is 23.9 Å². The molecule has 0 saturated carbocycles. The lowest BCUT2D eigenvalue weighted by Crippen LogP contribution is -2.32. The summed E-state index contributed by atoms with van der Waals surface area (Å²) >= 11 is 0. The Morgan fingerprint density at radius 2 is 2.00 bits per heavy atom. The Labute approximate surface area is 137 Å². The molecule has 0 aliphatic carbocycles. The normalized spacial score (nSPS) is 23.0. The van der Waals surface area contributed by atoms with Crippen molar-refractivity contribution < 1.29 is 23.8 Å². The maximum Gasteiger partial charge on any atom is 0.330 e. The lowest BCUT2D eigenvalue weighted by atomic mass is 10.2. The summed E-state index contributed by atoms with van der Waals surface area (Å²) in [6, 6.07) is 1.20. The topological polar surface area (TPSA) is 117 Å². The van der Waals surface area contributed by atoms with E-state index in [1.54, 1.807) is 13.8 Å². The third kappa shape index (κ3) is 4.31. The molecule has 1 aliphatic rings. The summed E-state index contributed by atoms with van der Waals surface area (Å²) in [6.45, 7) is 3.24. The smallest absolute Gasteiger partial charge is 0.330 e. The van der Waals surface area contributed by atoms with Crippen LogP contribution in [0.3, 0.4) is 0 Å². The molecule has 1 aromatic rings. The molecule has 132 valence electrons. The predicted octanol–water partition coefficient (Wildman–Crippen LogP) is 0.0991. The molecule has 0 amide bonds. The van der Waals surface area contributed by atoms with Crippen molar-refractivity contribution in [3.63, 3.8) is 0 Å². The number of carbonyl (C=O) groups is 2. The fourth-order valence-electron chi connectivity index (χ4n) is 2.33. The van der Waals surface area contributed by atoms with Gasteiger partial charge in [-0.05, 0) is 0 Å². The van der Waals surface area contributed by atoms with Gasteiger partial charge in [-0.2, -0.15) is 0 Å². The van der Waals surface area contributed by atoms with Crippen molar-refractivity contribution in [3.8, 4) is 0 Å². The van der Waals surface area contributed by atoms with Gasteiger partial charge in [-0.15, -0.1) is 0 Å². The Balaban J connectivity index is 2.15. The number of ether oxygens (including phenoxy) is 3. The summed E-state index contributed by atoms with van der Waals surface area (Å²) in [5.41, 5.74) is -1.14. The van der Waals surface area contributed by atoms with Crippen molar-refractivity contribution in [1.29, 1.82) is 0 Å². The molecule has 3 unspecified atom stereocenters. The molecule has 24 heavy (non-hydrogen) atoms. The highest BCUT2D eigenvalue weighted by Crippen LogP contribution is 2.30. The number of aromatic nitrogens is 2. The third-order valence-electron chi connectivity index (χ3n) is 3.61. The van der Waals surface area contributed by atoms with Crippen LogP contribution in [0.15, 0.2) is 21.9 Å². The third-order valence-corrected chi connectivity index (χ3v) is 3.61. The molecule has 0 bridgehead atoms. The van der Waals surface area contributed by atoms with Gasteiger partial charge in [-0.25, -0.2) is 4.79 Å². The number of hydrogen-bond acceptors (Lipinski definition) is 7. The molecular weight excluding hydrogens is 320 g/mol. The first-order valence-corrected chi connectivity index (χ1v) is 7.76. The van der Waals surface area contributed by atoms with Crippen LogP contribution in [-0.2, 0) is 23.8 Å². The van der Waals surface area contributed by atoms with Gasteiger partial charge in [-0.1, -0.05) is 13.8 Å². The van der Waals surface area contributed by atoms with E-state index in [1.165, 1.54) is 16.8 Å². The van der Waals surface area contributed by atoms with E-state index in [0.717, 1.165) is 0 Å². The van der Waals surface area contributed by atoms with E-state index in [4.69, 9.17) is 14.2 Å². The van der Waals surface area contributed by atoms with Crippen molar-refractivity contribution in [1.82, 2.24) is 9.55 Å². The molecule has 1 aromatic heterocycles. The van der Waals surface area contributed by atoms with Crippen LogP contribution in [0.4, 0.5) is 0 Å². The number of aromatic amines is 1. The number of rotatable bonds is 6. The highest BCUT2D eigenvalue weighted by Gasteiger charge is 2.39. The second-order valence-electron chi connectivity index (χ2n) is 5.30. The number of esters is 2. The van der Waals surface area contributed by atoms with Gasteiger partial charge in [0, 0.05) is 31.5 Å². The average molecular weight is 340 g/mol. The van der Waals surface area contributed by atoms with Crippen LogP contribution in [0.2, 0.25) is 0 Å². The molecule has 3 atom stereocenters. The molecule has 1 aliphatic heterocycles. The molecule has 0 aromatic carbocycles. The van der Waals surface area contributed by atoms with Gasteiger partial charge < -0.3 is 14.2 Å². The van der Waals surface area contributed by atoms with Crippen molar-refractivity contribution in [2.45, 2.75) is 51.5 Å². The second-order valence-corrected chi connectivity index (χ2v) is 5.30. The summed E-state index contributed by atoms with van der Waals surface area (Å²) in [5.74, 6) is -0.811. The summed E-state index contributed by atoms with van der Waals surface area (Å²) in [6.07, 6.45) is -0.118. The predicted molar refractivity (Wildman–Crippen MR) is 81.3 cm³/mol. The maximum atomic E-state index is 11.9. The SMILES string of the molecule is CCC(=O)OCC1OC(n2ccc(=O)[nH]c2=O)CC1OC(=O)CC. The van der Waals surface area contributed by atoms with Gasteiger partial charge in [0.15, 0.2) is 0 Å². The average Bonchev–Trinajstić information content (AvgIpc) is 2.94. The van der Waals surface area contributed by atoms with E-state index < -0.39 is 41.6 Å². The van der Waals surface area contributed by atoms with Gasteiger partial charge in [0.1, 0.15) is 25.0 Å². The number of carbonyl (C=O) groups excluding carboxylic acids is 2. The van der Waals surface area contributed by atoms with Gasteiger partial charge >= 0.3 is 17.6 Å². The van der Waals surface area contributed by atoms with E-state index in [0.29, 0.717) is 0 Å². The lowest BCUT2D eigenvalue weighted by Gasteiger charge is -2.18. The molecule has 9 nitrogen and oxygen atoms in total. The van der Waals surface area contributed by atoms with Gasteiger partial charge in [0.05, 0.1) is 0 Å². The largest absolute Gasteiger partial charge is 0.463 e. The molecule has 2 rings (SSSR count). The minimum Gasteiger partial charge on any atom is -0.463 e. The minimum atomic E-state index is -0.727. The first-order chi connectivity index (χ1) is 11.4. The maximum absolute atomic E-state index is 11.9. The van der Waals surface area contributed by atoms with E-state index in [2.05, 4.69) is 4.98 Å². The quantitative estimate of drug-likeness (QED) is 0.730. The number of nitrogens with one attached hydrogen (secondary N) is 1. The van der Waals surface area contributed by atoms with Crippen molar-refractivity contribution in [2.75, 3.05) is 6.61 Å². The fraction of sp³-hybridized carbons (Fsp3) is 0.600. The number of H-pyrrole nitrogens is 1. The van der Waals surface area contributed by atoms with Crippen molar-refractivity contribution in [3.05, 3.63) is 33.1 Å². The van der Waals surface area contributed by atoms with Crippen molar-refractivity contribution >= 4 is 11.9 Å². The van der Waals surface area contributed by atoms with E-state index in [1.807, 2.05) is 0 Å². The van der Waals surface area contributed by atoms with Crippen LogP contribution in [0.1, 0.15) is 39.3 Å². The molecule has 2 heterocycles. The minimum absolute atomic E-state index is 0.0804. The first kappa shape index (κ1) is 17.9. The molecule has 1 N–H and O–H groups in total. The summed E-state index contributed by atoms with van der Waals surface area (Å²) in [4.78, 5) is 48.0. The Kier molecular flexibility index (Phi) is 5.91. The lowest BCUT2D eigenvalue weighted by molar-refractivity contribution is -0.157. The van der Waals surface area contributed by atoms with E-state index in [9.17, 15) is 19.2 Å². The molecule has 9 heteroatoms. The Morgan fingerprint density at radius 3 is 2.62 bits per heavy atom. The Hall–Kier alpha value is -2.42. The number of nitrogens with zero attached hydrogens (tertiary/aromatic N) is 1. The van der Waals surface area contributed by atoms with Crippen LogP contribution < -0.4 is 11.2 Å². The second kappa shape index (κ2) is 7.91. The number of hydrogen-bond donors (Lipinski definition) is 1. The molecule has 0 radical (unpaired) electrons. The molecule has 1 fully saturated rings. The van der Waals surface area contributed by atoms with Crippen molar-refractivity contribution in [2.24, 2.45) is 0 Å². The summed E-state index contributed by atoms with van der Waals surface area (Å²) < 4.78 is 17.3. The zero-order chi connectivity index (χ0) is 17.7. The first-order valence-electron chi connectivity index (χ1n) is 7.76. The summed E-state index contributed by atoms with van der Waals surface area (Å²) in [5, 5.41) is 0. The Morgan fingerprint density at radius 1 is 1.29 bits per heavy atom. The van der Waals surface area contributed by atoms with Crippen LogP contribution in [0.5, 0.6) is 0 Å².